The third-order valence-corrected chi connectivity index (χ3v) is 6.15. The highest BCUT2D eigenvalue weighted by atomic mass is 32.2. The van der Waals surface area contributed by atoms with E-state index < -0.39 is 10.0 Å². The fourth-order valence-electron chi connectivity index (χ4n) is 3.24. The van der Waals surface area contributed by atoms with Crippen molar-refractivity contribution < 1.29 is 8.42 Å². The molecule has 0 aromatic heterocycles. The van der Waals surface area contributed by atoms with Crippen LogP contribution in [-0.2, 0) is 10.0 Å². The molecule has 1 N–H and O–H groups in total. The minimum Gasteiger partial charge on any atom is -0.301 e. The van der Waals surface area contributed by atoms with Crippen LogP contribution in [0, 0.1) is 27.7 Å². The number of nitrogens with one attached hydrogen (secondary N) is 1. The summed E-state index contributed by atoms with van der Waals surface area (Å²) in [7, 11) is 0.359. The second-order valence-corrected chi connectivity index (χ2v) is 8.67. The third-order valence-electron chi connectivity index (χ3n) is 4.43. The molecule has 0 amide bonds. The van der Waals surface area contributed by atoms with E-state index in [-0.39, 0.29) is 6.04 Å². The normalized spacial score (nSPS) is 13.2. The number of nitrogens with zero attached hydrogens (tertiary/aromatic N) is 1. The van der Waals surface area contributed by atoms with E-state index in [9.17, 15) is 8.42 Å². The SMILES string of the molecule is Cc1ccc(C(CNS(=O)(=O)c2c(C)cc(C)cc2C)N(C)C)cc1. The van der Waals surface area contributed by atoms with E-state index >= 15 is 0 Å². The van der Waals surface area contributed by atoms with Crippen LogP contribution in [0.3, 0.4) is 0 Å². The van der Waals surface area contributed by atoms with Gasteiger partial charge in [0.25, 0.3) is 0 Å². The van der Waals surface area contributed by atoms with E-state index in [0.717, 1.165) is 22.3 Å². The Morgan fingerprint density at radius 3 is 1.92 bits per heavy atom. The molecular weight excluding hydrogens is 332 g/mol. The summed E-state index contributed by atoms with van der Waals surface area (Å²) in [5, 5.41) is 0. The van der Waals surface area contributed by atoms with Crippen molar-refractivity contribution >= 4 is 10.0 Å². The third kappa shape index (κ3) is 4.69. The Hall–Kier alpha value is -1.69. The Balaban J connectivity index is 2.27. The quantitative estimate of drug-likeness (QED) is 0.858. The summed E-state index contributed by atoms with van der Waals surface area (Å²) in [6.07, 6.45) is 0. The highest BCUT2D eigenvalue weighted by molar-refractivity contribution is 7.89. The second kappa shape index (κ2) is 7.68. The Morgan fingerprint density at radius 2 is 1.44 bits per heavy atom. The van der Waals surface area contributed by atoms with E-state index in [2.05, 4.69) is 29.0 Å². The number of hydrogen-bond acceptors (Lipinski definition) is 3. The number of aryl methyl sites for hydroxylation is 4. The van der Waals surface area contributed by atoms with Gasteiger partial charge in [-0.25, -0.2) is 13.1 Å². The fourth-order valence-corrected chi connectivity index (χ4v) is 4.73. The lowest BCUT2D eigenvalue weighted by atomic mass is 10.0. The summed E-state index contributed by atoms with van der Waals surface area (Å²) in [5.74, 6) is 0. The van der Waals surface area contributed by atoms with Crippen molar-refractivity contribution in [2.24, 2.45) is 0 Å². The van der Waals surface area contributed by atoms with Gasteiger partial charge in [0, 0.05) is 12.6 Å². The number of hydrogen-bond donors (Lipinski definition) is 1. The maximum atomic E-state index is 12.9. The van der Waals surface area contributed by atoms with Crippen LogP contribution in [0.25, 0.3) is 0 Å². The summed E-state index contributed by atoms with van der Waals surface area (Å²) in [6.45, 7) is 8.03. The first-order valence-corrected chi connectivity index (χ1v) is 9.90. The molecule has 25 heavy (non-hydrogen) atoms. The Bertz CT molecular complexity index is 817. The molecule has 2 aromatic rings. The van der Waals surface area contributed by atoms with Crippen LogP contribution in [0.4, 0.5) is 0 Å². The minimum atomic E-state index is -3.56. The average molecular weight is 361 g/mol. The lowest BCUT2D eigenvalue weighted by Crippen LogP contribution is -2.35. The van der Waals surface area contributed by atoms with Crippen LogP contribution in [-0.4, -0.2) is 34.0 Å². The van der Waals surface area contributed by atoms with Gasteiger partial charge in [-0.1, -0.05) is 47.5 Å². The zero-order valence-electron chi connectivity index (χ0n) is 15.9. The lowest BCUT2D eigenvalue weighted by Gasteiger charge is -2.25. The van der Waals surface area contributed by atoms with Crippen LogP contribution >= 0.6 is 0 Å². The predicted octanol–water partition coefficient (Wildman–Crippen LogP) is 3.50. The van der Waals surface area contributed by atoms with Gasteiger partial charge in [-0.3, -0.25) is 0 Å². The monoisotopic (exact) mass is 360 g/mol. The van der Waals surface area contributed by atoms with E-state index in [1.54, 1.807) is 0 Å². The van der Waals surface area contributed by atoms with Gasteiger partial charge < -0.3 is 4.90 Å². The molecule has 0 saturated heterocycles. The zero-order valence-corrected chi connectivity index (χ0v) is 16.7. The van der Waals surface area contributed by atoms with Gasteiger partial charge in [-0.15, -0.1) is 0 Å². The predicted molar refractivity (Wildman–Crippen MR) is 103 cm³/mol. The number of likely N-dealkylation sites (N-methyl/N-ethyl adjacent to an activating group) is 1. The van der Waals surface area contributed by atoms with Crippen LogP contribution < -0.4 is 4.72 Å². The lowest BCUT2D eigenvalue weighted by molar-refractivity contribution is 0.299. The molecule has 0 aliphatic carbocycles. The summed E-state index contributed by atoms with van der Waals surface area (Å²) in [4.78, 5) is 2.42. The van der Waals surface area contributed by atoms with Gasteiger partial charge in [0.15, 0.2) is 0 Å². The molecule has 2 aromatic carbocycles. The van der Waals surface area contributed by atoms with Gasteiger partial charge in [-0.05, 0) is 58.5 Å². The summed E-state index contributed by atoms with van der Waals surface area (Å²) >= 11 is 0. The molecule has 0 heterocycles. The van der Waals surface area contributed by atoms with E-state index in [1.165, 1.54) is 5.56 Å². The minimum absolute atomic E-state index is 0.0264. The molecule has 0 bridgehead atoms. The highest BCUT2D eigenvalue weighted by Gasteiger charge is 2.22. The van der Waals surface area contributed by atoms with E-state index in [0.29, 0.717) is 11.4 Å². The molecule has 1 unspecified atom stereocenters. The molecular formula is C20H28N2O2S. The maximum absolute atomic E-state index is 12.9. The molecule has 0 radical (unpaired) electrons. The summed E-state index contributed by atoms with van der Waals surface area (Å²) < 4.78 is 28.5. The highest BCUT2D eigenvalue weighted by Crippen LogP contribution is 2.23. The topological polar surface area (TPSA) is 49.4 Å². The molecule has 0 saturated carbocycles. The van der Waals surface area contributed by atoms with Gasteiger partial charge in [-0.2, -0.15) is 0 Å². The van der Waals surface area contributed by atoms with Gasteiger partial charge in [0.2, 0.25) is 10.0 Å². The van der Waals surface area contributed by atoms with E-state index in [4.69, 9.17) is 0 Å². The summed E-state index contributed by atoms with van der Waals surface area (Å²) in [5.41, 5.74) is 4.91. The van der Waals surface area contributed by atoms with E-state index in [1.807, 2.05) is 58.8 Å². The first kappa shape index (κ1) is 19.6. The fraction of sp³-hybridized carbons (Fsp3) is 0.400. The van der Waals surface area contributed by atoms with Crippen LogP contribution in [0.15, 0.2) is 41.3 Å². The first-order chi connectivity index (χ1) is 11.6. The van der Waals surface area contributed by atoms with Gasteiger partial charge in [0.05, 0.1) is 4.90 Å². The number of sulfonamides is 1. The molecule has 4 nitrogen and oxygen atoms in total. The molecule has 1 atom stereocenters. The van der Waals surface area contributed by atoms with Crippen molar-refractivity contribution in [3.63, 3.8) is 0 Å². The van der Waals surface area contributed by atoms with Crippen molar-refractivity contribution in [1.29, 1.82) is 0 Å². The van der Waals surface area contributed by atoms with Gasteiger partial charge >= 0.3 is 0 Å². The molecule has 0 spiro atoms. The van der Waals surface area contributed by atoms with Crippen LogP contribution in [0.2, 0.25) is 0 Å². The standard InChI is InChI=1S/C20H28N2O2S/c1-14-7-9-18(10-8-14)19(22(5)6)13-21-25(23,24)20-16(3)11-15(2)12-17(20)4/h7-12,19,21H,13H2,1-6H3. The molecule has 0 aliphatic rings. The van der Waals surface area contributed by atoms with Crippen molar-refractivity contribution in [3.05, 3.63) is 64.2 Å². The Morgan fingerprint density at radius 1 is 0.920 bits per heavy atom. The van der Waals surface area contributed by atoms with Crippen molar-refractivity contribution in [3.8, 4) is 0 Å². The Labute approximate surface area is 151 Å². The Kier molecular flexibility index (Phi) is 6.03. The molecule has 0 aliphatic heterocycles. The zero-order chi connectivity index (χ0) is 18.8. The van der Waals surface area contributed by atoms with Crippen molar-refractivity contribution in [2.45, 2.75) is 38.6 Å². The molecule has 2 rings (SSSR count). The maximum Gasteiger partial charge on any atom is 0.241 e. The molecule has 136 valence electrons. The summed E-state index contributed by atoms with van der Waals surface area (Å²) in [6, 6.07) is 12.0. The van der Waals surface area contributed by atoms with Crippen molar-refractivity contribution in [2.75, 3.05) is 20.6 Å². The van der Waals surface area contributed by atoms with Crippen molar-refractivity contribution in [1.82, 2.24) is 9.62 Å². The smallest absolute Gasteiger partial charge is 0.241 e. The molecule has 0 fully saturated rings. The van der Waals surface area contributed by atoms with Crippen LogP contribution in [0.5, 0.6) is 0 Å². The first-order valence-electron chi connectivity index (χ1n) is 8.42. The van der Waals surface area contributed by atoms with Gasteiger partial charge in [0.1, 0.15) is 0 Å². The second-order valence-electron chi connectivity index (χ2n) is 6.97. The number of rotatable bonds is 6. The van der Waals surface area contributed by atoms with Crippen LogP contribution in [0.1, 0.15) is 33.9 Å². The number of benzene rings is 2. The largest absolute Gasteiger partial charge is 0.301 e. The molecule has 5 heteroatoms. The average Bonchev–Trinajstić information content (AvgIpc) is 2.47.